The first-order valence-corrected chi connectivity index (χ1v) is 8.63. The van der Waals surface area contributed by atoms with Gasteiger partial charge < -0.3 is 4.74 Å². The van der Waals surface area contributed by atoms with Gasteiger partial charge in [-0.25, -0.2) is 9.48 Å². The second-order valence-electron chi connectivity index (χ2n) is 6.41. The standard InChI is InChI=1S/C18H26N4O2/c1-4-24-16-8-6-5-7-14(16)13-20(2)15-9-10-17-19-21(3)18(23)22(17)12-11-15/h5-8,15H,4,9-13H2,1-3H3. The van der Waals surface area contributed by atoms with Crippen LogP contribution in [0.2, 0.25) is 0 Å². The molecule has 0 saturated heterocycles. The van der Waals surface area contributed by atoms with Crippen molar-refractivity contribution in [2.24, 2.45) is 7.05 Å². The highest BCUT2D eigenvalue weighted by Gasteiger charge is 2.23. The van der Waals surface area contributed by atoms with E-state index in [2.05, 4.69) is 29.2 Å². The predicted molar refractivity (Wildman–Crippen MR) is 93.3 cm³/mol. The number of ether oxygens (including phenoxy) is 1. The SMILES string of the molecule is CCOc1ccccc1CN(C)C1CCc2nn(C)c(=O)n2CC1. The molecule has 1 atom stereocenters. The number of fused-ring (bicyclic) bond motifs is 1. The van der Waals surface area contributed by atoms with Gasteiger partial charge in [-0.3, -0.25) is 9.47 Å². The van der Waals surface area contributed by atoms with Crippen LogP contribution in [0.25, 0.3) is 0 Å². The highest BCUT2D eigenvalue weighted by Crippen LogP contribution is 2.23. The molecule has 1 aromatic carbocycles. The molecule has 1 unspecified atom stereocenters. The Bertz CT molecular complexity index is 750. The third-order valence-electron chi connectivity index (χ3n) is 4.79. The number of benzene rings is 1. The summed E-state index contributed by atoms with van der Waals surface area (Å²) in [4.78, 5) is 14.5. The van der Waals surface area contributed by atoms with E-state index in [1.165, 1.54) is 10.2 Å². The first kappa shape index (κ1) is 16.8. The van der Waals surface area contributed by atoms with E-state index in [0.717, 1.165) is 43.9 Å². The largest absolute Gasteiger partial charge is 0.494 e. The normalized spacial score (nSPS) is 17.6. The molecule has 6 heteroatoms. The van der Waals surface area contributed by atoms with E-state index < -0.39 is 0 Å². The number of hydrogen-bond donors (Lipinski definition) is 0. The van der Waals surface area contributed by atoms with Gasteiger partial charge in [0.1, 0.15) is 11.6 Å². The lowest BCUT2D eigenvalue weighted by atomic mass is 10.1. The van der Waals surface area contributed by atoms with Crippen molar-refractivity contribution in [1.82, 2.24) is 19.2 Å². The second-order valence-corrected chi connectivity index (χ2v) is 6.41. The van der Waals surface area contributed by atoms with Gasteiger partial charge in [-0.15, -0.1) is 0 Å². The van der Waals surface area contributed by atoms with Crippen molar-refractivity contribution in [1.29, 1.82) is 0 Å². The summed E-state index contributed by atoms with van der Waals surface area (Å²) < 4.78 is 9.00. The summed E-state index contributed by atoms with van der Waals surface area (Å²) in [6, 6.07) is 8.65. The molecule has 1 aliphatic rings. The molecule has 1 aromatic heterocycles. The zero-order chi connectivity index (χ0) is 17.1. The minimum atomic E-state index is -0.00463. The molecule has 24 heavy (non-hydrogen) atoms. The van der Waals surface area contributed by atoms with Gasteiger partial charge in [0.2, 0.25) is 0 Å². The fourth-order valence-corrected chi connectivity index (χ4v) is 3.45. The summed E-state index contributed by atoms with van der Waals surface area (Å²) in [6.07, 6.45) is 2.83. The molecule has 130 valence electrons. The van der Waals surface area contributed by atoms with Gasteiger partial charge in [-0.2, -0.15) is 5.10 Å². The highest BCUT2D eigenvalue weighted by molar-refractivity contribution is 5.33. The minimum absolute atomic E-state index is 0.00463. The van der Waals surface area contributed by atoms with Crippen molar-refractivity contribution in [2.75, 3.05) is 13.7 Å². The van der Waals surface area contributed by atoms with E-state index in [9.17, 15) is 4.79 Å². The Labute approximate surface area is 142 Å². The van der Waals surface area contributed by atoms with Gasteiger partial charge in [0.25, 0.3) is 0 Å². The summed E-state index contributed by atoms with van der Waals surface area (Å²) >= 11 is 0. The van der Waals surface area contributed by atoms with Gasteiger partial charge in [0.15, 0.2) is 0 Å². The van der Waals surface area contributed by atoms with Gasteiger partial charge in [-0.1, -0.05) is 18.2 Å². The quantitative estimate of drug-likeness (QED) is 0.839. The zero-order valence-electron chi connectivity index (χ0n) is 14.7. The molecule has 0 radical (unpaired) electrons. The van der Waals surface area contributed by atoms with Crippen molar-refractivity contribution in [2.45, 2.75) is 45.3 Å². The van der Waals surface area contributed by atoms with E-state index in [1.54, 1.807) is 7.05 Å². The molecule has 0 aliphatic carbocycles. The Hall–Kier alpha value is -2.08. The Morgan fingerprint density at radius 1 is 1.33 bits per heavy atom. The number of nitrogens with zero attached hydrogens (tertiary/aromatic N) is 4. The molecule has 0 fully saturated rings. The van der Waals surface area contributed by atoms with E-state index in [1.807, 2.05) is 23.6 Å². The average molecular weight is 330 g/mol. The molecule has 0 amide bonds. The first-order chi connectivity index (χ1) is 11.6. The Kier molecular flexibility index (Phi) is 5.04. The number of rotatable bonds is 5. The maximum Gasteiger partial charge on any atom is 0.345 e. The van der Waals surface area contributed by atoms with Crippen LogP contribution in [0, 0.1) is 0 Å². The van der Waals surface area contributed by atoms with Gasteiger partial charge >= 0.3 is 5.69 Å². The fraction of sp³-hybridized carbons (Fsp3) is 0.556. The summed E-state index contributed by atoms with van der Waals surface area (Å²) in [5.74, 6) is 1.87. The molecule has 0 N–H and O–H groups in total. The van der Waals surface area contributed by atoms with Crippen LogP contribution >= 0.6 is 0 Å². The molecular formula is C18H26N4O2. The first-order valence-electron chi connectivity index (χ1n) is 8.63. The van der Waals surface area contributed by atoms with Crippen molar-refractivity contribution >= 4 is 0 Å². The van der Waals surface area contributed by atoms with Crippen LogP contribution in [0.5, 0.6) is 5.75 Å². The summed E-state index contributed by atoms with van der Waals surface area (Å²) in [5, 5.41) is 4.36. The lowest BCUT2D eigenvalue weighted by molar-refractivity contribution is 0.206. The van der Waals surface area contributed by atoms with Crippen LogP contribution in [0.15, 0.2) is 29.1 Å². The van der Waals surface area contributed by atoms with Crippen LogP contribution in [0.3, 0.4) is 0 Å². The Balaban J connectivity index is 1.69. The summed E-state index contributed by atoms with van der Waals surface area (Å²) in [5.41, 5.74) is 1.20. The van der Waals surface area contributed by atoms with Crippen molar-refractivity contribution < 1.29 is 4.74 Å². The molecule has 3 rings (SSSR count). The monoisotopic (exact) mass is 330 g/mol. The fourth-order valence-electron chi connectivity index (χ4n) is 3.45. The topological polar surface area (TPSA) is 52.3 Å². The third kappa shape index (κ3) is 3.38. The smallest absolute Gasteiger partial charge is 0.345 e. The molecule has 0 saturated carbocycles. The highest BCUT2D eigenvalue weighted by atomic mass is 16.5. The molecule has 2 heterocycles. The van der Waals surface area contributed by atoms with E-state index in [0.29, 0.717) is 12.6 Å². The average Bonchev–Trinajstić information content (AvgIpc) is 2.74. The van der Waals surface area contributed by atoms with Crippen LogP contribution in [0.4, 0.5) is 0 Å². The number of para-hydroxylation sites is 1. The van der Waals surface area contributed by atoms with Crippen LogP contribution in [0.1, 0.15) is 31.2 Å². The van der Waals surface area contributed by atoms with Crippen molar-refractivity contribution in [3.05, 3.63) is 46.1 Å². The maximum absolute atomic E-state index is 12.1. The molecule has 0 spiro atoms. The van der Waals surface area contributed by atoms with Gasteiger partial charge in [0, 0.05) is 38.2 Å². The maximum atomic E-state index is 12.1. The lowest BCUT2D eigenvalue weighted by Crippen LogP contribution is -2.32. The third-order valence-corrected chi connectivity index (χ3v) is 4.79. The van der Waals surface area contributed by atoms with Gasteiger partial charge in [-0.05, 0) is 32.9 Å². The Morgan fingerprint density at radius 3 is 2.92 bits per heavy atom. The van der Waals surface area contributed by atoms with E-state index >= 15 is 0 Å². The second kappa shape index (κ2) is 7.21. The summed E-state index contributed by atoms with van der Waals surface area (Å²) in [7, 11) is 3.87. The molecule has 1 aliphatic heterocycles. The Morgan fingerprint density at radius 2 is 2.12 bits per heavy atom. The van der Waals surface area contributed by atoms with E-state index in [4.69, 9.17) is 4.74 Å². The van der Waals surface area contributed by atoms with Gasteiger partial charge in [0.05, 0.1) is 6.61 Å². The van der Waals surface area contributed by atoms with Crippen LogP contribution < -0.4 is 10.4 Å². The molecular weight excluding hydrogens is 304 g/mol. The number of aryl methyl sites for hydroxylation is 2. The number of aromatic nitrogens is 3. The van der Waals surface area contributed by atoms with Crippen molar-refractivity contribution in [3.63, 3.8) is 0 Å². The molecule has 2 aromatic rings. The summed E-state index contributed by atoms with van der Waals surface area (Å²) in [6.45, 7) is 4.27. The van der Waals surface area contributed by atoms with Crippen molar-refractivity contribution in [3.8, 4) is 5.75 Å². The lowest BCUT2D eigenvalue weighted by Gasteiger charge is -2.27. The molecule has 6 nitrogen and oxygen atoms in total. The van der Waals surface area contributed by atoms with Crippen LogP contribution in [-0.2, 0) is 26.6 Å². The molecule has 0 bridgehead atoms. The van der Waals surface area contributed by atoms with E-state index in [-0.39, 0.29) is 5.69 Å². The van der Waals surface area contributed by atoms with Crippen LogP contribution in [-0.4, -0.2) is 38.9 Å². The predicted octanol–water partition coefficient (Wildman–Crippen LogP) is 1.82. The minimum Gasteiger partial charge on any atom is -0.494 e. The number of hydrogen-bond acceptors (Lipinski definition) is 4. The zero-order valence-corrected chi connectivity index (χ0v) is 14.7.